The first kappa shape index (κ1) is 17.3. The van der Waals surface area contributed by atoms with Gasteiger partial charge in [-0.3, -0.25) is 10.1 Å². The molecule has 1 aromatic carbocycles. The molecule has 1 fully saturated rings. The molecule has 122 valence electrons. The lowest BCUT2D eigenvalue weighted by Gasteiger charge is -2.34. The molecule has 1 aliphatic rings. The van der Waals surface area contributed by atoms with E-state index >= 15 is 0 Å². The number of carbonyl (C=O) groups excluding carboxylic acids is 1. The largest absolute Gasteiger partial charge is 0.339 e. The predicted octanol–water partition coefficient (Wildman–Crippen LogP) is 3.96. The summed E-state index contributed by atoms with van der Waals surface area (Å²) in [6, 6.07) is 8.44. The molecule has 3 nitrogen and oxygen atoms in total. The summed E-state index contributed by atoms with van der Waals surface area (Å²) in [7, 11) is 0. The topological polar surface area (TPSA) is 32.3 Å². The average Bonchev–Trinajstić information content (AvgIpc) is 3.36. The van der Waals surface area contributed by atoms with E-state index < -0.39 is 0 Å². The number of rotatable bonds is 8. The predicted molar refractivity (Wildman–Crippen MR) is 92.1 cm³/mol. The van der Waals surface area contributed by atoms with Gasteiger partial charge >= 0.3 is 0 Å². The fourth-order valence-corrected chi connectivity index (χ4v) is 3.28. The van der Waals surface area contributed by atoms with E-state index in [0.717, 1.165) is 37.3 Å². The van der Waals surface area contributed by atoms with Crippen LogP contribution in [-0.2, 0) is 10.3 Å². The van der Waals surface area contributed by atoms with E-state index in [4.69, 9.17) is 11.6 Å². The van der Waals surface area contributed by atoms with Crippen molar-refractivity contribution in [1.29, 1.82) is 0 Å². The highest BCUT2D eigenvalue weighted by atomic mass is 35.5. The van der Waals surface area contributed by atoms with Crippen molar-refractivity contribution in [2.75, 3.05) is 13.1 Å². The van der Waals surface area contributed by atoms with Gasteiger partial charge in [-0.2, -0.15) is 0 Å². The summed E-state index contributed by atoms with van der Waals surface area (Å²) in [6.45, 7) is 7.58. The number of hydrogen-bond donors (Lipinski definition) is 1. The first-order chi connectivity index (χ1) is 10.6. The van der Waals surface area contributed by atoms with Gasteiger partial charge in [-0.1, -0.05) is 37.6 Å². The van der Waals surface area contributed by atoms with Crippen LogP contribution >= 0.6 is 11.6 Å². The summed E-state index contributed by atoms with van der Waals surface area (Å²) in [6.07, 6.45) is 4.19. The fourth-order valence-electron chi connectivity index (χ4n) is 3.15. The first-order valence-electron chi connectivity index (χ1n) is 8.36. The maximum Gasteiger partial charge on any atom is 0.236 e. The Morgan fingerprint density at radius 1 is 1.23 bits per heavy atom. The molecule has 0 aromatic heterocycles. The SMILES string of the molecule is CCN(C(=O)CNC(CC)(CC)c1ccc(Cl)cc1)C1CC1. The van der Waals surface area contributed by atoms with Crippen LogP contribution in [0.4, 0.5) is 0 Å². The summed E-state index contributed by atoms with van der Waals surface area (Å²) < 4.78 is 0. The van der Waals surface area contributed by atoms with Gasteiger partial charge in [-0.25, -0.2) is 0 Å². The van der Waals surface area contributed by atoms with E-state index in [1.165, 1.54) is 5.56 Å². The molecule has 1 aliphatic carbocycles. The molecule has 1 saturated carbocycles. The third-order valence-corrected chi connectivity index (χ3v) is 5.08. The highest BCUT2D eigenvalue weighted by Crippen LogP contribution is 2.30. The van der Waals surface area contributed by atoms with Crippen LogP contribution in [0.15, 0.2) is 24.3 Å². The van der Waals surface area contributed by atoms with Gasteiger partial charge in [0.1, 0.15) is 0 Å². The van der Waals surface area contributed by atoms with Gasteiger partial charge in [-0.15, -0.1) is 0 Å². The van der Waals surface area contributed by atoms with Gasteiger partial charge in [0, 0.05) is 23.1 Å². The second-order valence-corrected chi connectivity index (χ2v) is 6.50. The van der Waals surface area contributed by atoms with Crippen LogP contribution in [0.1, 0.15) is 52.0 Å². The number of nitrogens with one attached hydrogen (secondary N) is 1. The third kappa shape index (κ3) is 3.82. The third-order valence-electron chi connectivity index (χ3n) is 4.83. The van der Waals surface area contributed by atoms with Gasteiger partial charge < -0.3 is 4.90 Å². The molecule has 4 heteroatoms. The molecule has 0 bridgehead atoms. The lowest BCUT2D eigenvalue weighted by atomic mass is 9.84. The zero-order chi connectivity index (χ0) is 16.2. The summed E-state index contributed by atoms with van der Waals surface area (Å²) in [5.74, 6) is 0.213. The Balaban J connectivity index is 2.07. The Bertz CT molecular complexity index is 492. The molecular formula is C18H27ClN2O. The second-order valence-electron chi connectivity index (χ2n) is 6.06. The number of halogens is 1. The van der Waals surface area contributed by atoms with E-state index in [-0.39, 0.29) is 11.4 Å². The number of likely N-dealkylation sites (N-methyl/N-ethyl adjacent to an activating group) is 1. The summed E-state index contributed by atoms with van der Waals surface area (Å²) >= 11 is 6.00. The first-order valence-corrected chi connectivity index (χ1v) is 8.74. The van der Waals surface area contributed by atoms with Crippen molar-refractivity contribution in [3.8, 4) is 0 Å². The summed E-state index contributed by atoms with van der Waals surface area (Å²) in [4.78, 5) is 14.5. The quantitative estimate of drug-likeness (QED) is 0.785. The molecule has 0 saturated heterocycles. The zero-order valence-corrected chi connectivity index (χ0v) is 14.6. The van der Waals surface area contributed by atoms with E-state index in [1.807, 2.05) is 17.0 Å². The normalized spacial score (nSPS) is 14.9. The van der Waals surface area contributed by atoms with Crippen molar-refractivity contribution in [1.82, 2.24) is 10.2 Å². The maximum absolute atomic E-state index is 12.5. The molecule has 0 aliphatic heterocycles. The molecule has 0 unspecified atom stereocenters. The van der Waals surface area contributed by atoms with Crippen molar-refractivity contribution in [2.45, 2.75) is 58.0 Å². The van der Waals surface area contributed by atoms with Crippen LogP contribution in [0.5, 0.6) is 0 Å². The Hall–Kier alpha value is -1.06. The zero-order valence-electron chi connectivity index (χ0n) is 13.9. The smallest absolute Gasteiger partial charge is 0.236 e. The van der Waals surface area contributed by atoms with Crippen LogP contribution in [-0.4, -0.2) is 29.9 Å². The van der Waals surface area contributed by atoms with Crippen LogP contribution in [0.2, 0.25) is 5.02 Å². The standard InChI is InChI=1S/C18H27ClN2O/c1-4-18(5-2,14-7-9-15(19)10-8-14)20-13-17(22)21(6-3)16-11-12-16/h7-10,16,20H,4-6,11-13H2,1-3H3. The van der Waals surface area contributed by atoms with Crippen molar-refractivity contribution in [3.63, 3.8) is 0 Å². The minimum Gasteiger partial charge on any atom is -0.339 e. The number of carbonyl (C=O) groups is 1. The van der Waals surface area contributed by atoms with Gasteiger partial charge in [0.05, 0.1) is 6.54 Å². The van der Waals surface area contributed by atoms with Crippen molar-refractivity contribution < 1.29 is 4.79 Å². The molecule has 0 atom stereocenters. The Labute approximate surface area is 139 Å². The number of benzene rings is 1. The Morgan fingerprint density at radius 3 is 2.27 bits per heavy atom. The Morgan fingerprint density at radius 2 is 1.82 bits per heavy atom. The van der Waals surface area contributed by atoms with Gasteiger partial charge in [0.25, 0.3) is 0 Å². The Kier molecular flexibility index (Phi) is 5.87. The highest BCUT2D eigenvalue weighted by molar-refractivity contribution is 6.30. The maximum atomic E-state index is 12.5. The van der Waals surface area contributed by atoms with Crippen LogP contribution in [0.3, 0.4) is 0 Å². The monoisotopic (exact) mass is 322 g/mol. The lowest BCUT2D eigenvalue weighted by Crippen LogP contribution is -2.48. The van der Waals surface area contributed by atoms with Crippen molar-refractivity contribution >= 4 is 17.5 Å². The van der Waals surface area contributed by atoms with E-state index in [1.54, 1.807) is 0 Å². The minimum absolute atomic E-state index is 0.163. The average molecular weight is 323 g/mol. The molecule has 0 spiro atoms. The molecule has 1 amide bonds. The molecule has 0 radical (unpaired) electrons. The van der Waals surface area contributed by atoms with E-state index in [9.17, 15) is 4.79 Å². The number of hydrogen-bond acceptors (Lipinski definition) is 2. The molecule has 0 heterocycles. The van der Waals surface area contributed by atoms with Gasteiger partial charge in [-0.05, 0) is 50.3 Å². The molecule has 1 N–H and O–H groups in total. The fraction of sp³-hybridized carbons (Fsp3) is 0.611. The summed E-state index contributed by atoms with van der Waals surface area (Å²) in [5.41, 5.74) is 1.03. The lowest BCUT2D eigenvalue weighted by molar-refractivity contribution is -0.131. The van der Waals surface area contributed by atoms with Gasteiger partial charge in [0.15, 0.2) is 0 Å². The molecule has 22 heavy (non-hydrogen) atoms. The molecule has 2 rings (SSSR count). The second kappa shape index (κ2) is 7.47. The van der Waals surface area contributed by atoms with E-state index in [0.29, 0.717) is 12.6 Å². The van der Waals surface area contributed by atoms with E-state index in [2.05, 4.69) is 38.2 Å². The van der Waals surface area contributed by atoms with Crippen LogP contribution < -0.4 is 5.32 Å². The van der Waals surface area contributed by atoms with Crippen LogP contribution in [0, 0.1) is 0 Å². The van der Waals surface area contributed by atoms with Crippen LogP contribution in [0.25, 0.3) is 0 Å². The van der Waals surface area contributed by atoms with Gasteiger partial charge in [0.2, 0.25) is 5.91 Å². The minimum atomic E-state index is -0.163. The number of nitrogens with zero attached hydrogens (tertiary/aromatic N) is 1. The molecular weight excluding hydrogens is 296 g/mol. The highest BCUT2D eigenvalue weighted by Gasteiger charge is 2.33. The summed E-state index contributed by atoms with van der Waals surface area (Å²) in [5, 5.41) is 4.27. The molecule has 1 aromatic rings. The number of amides is 1. The van der Waals surface area contributed by atoms with Crippen molar-refractivity contribution in [3.05, 3.63) is 34.9 Å². The van der Waals surface area contributed by atoms with Crippen molar-refractivity contribution in [2.24, 2.45) is 0 Å².